The summed E-state index contributed by atoms with van der Waals surface area (Å²) in [6, 6.07) is 5.29. The van der Waals surface area contributed by atoms with Gasteiger partial charge in [-0.05, 0) is 38.7 Å². The molecule has 0 saturated heterocycles. The number of benzene rings is 1. The third-order valence-electron chi connectivity index (χ3n) is 1.74. The third kappa shape index (κ3) is 3.36. The van der Waals surface area contributed by atoms with Crippen LogP contribution in [0, 0.1) is 0 Å². The minimum absolute atomic E-state index is 0.0612. The van der Waals surface area contributed by atoms with Crippen LogP contribution in [0.4, 0.5) is 0 Å². The number of rotatable bonds is 3. The van der Waals surface area contributed by atoms with Gasteiger partial charge in [0.1, 0.15) is 5.75 Å². The first-order chi connectivity index (χ1) is 6.81. The molecule has 0 amide bonds. The minimum atomic E-state index is -1.71. The maximum atomic E-state index is 11.4. The maximum absolute atomic E-state index is 11.4. The van der Waals surface area contributed by atoms with E-state index in [2.05, 4.69) is 19.6 Å². The SMILES string of the molecule is CC(=O)c1c(Cl)cccc1O[Si](C)(C)C. The first kappa shape index (κ1) is 12.3. The van der Waals surface area contributed by atoms with E-state index in [1.165, 1.54) is 6.92 Å². The van der Waals surface area contributed by atoms with E-state index in [0.717, 1.165) is 0 Å². The van der Waals surface area contributed by atoms with Gasteiger partial charge in [-0.25, -0.2) is 0 Å². The Kier molecular flexibility index (Phi) is 3.57. The molecule has 2 nitrogen and oxygen atoms in total. The Morgan fingerprint density at radius 2 is 1.93 bits per heavy atom. The van der Waals surface area contributed by atoms with E-state index in [-0.39, 0.29) is 5.78 Å². The quantitative estimate of drug-likeness (QED) is 0.596. The summed E-state index contributed by atoms with van der Waals surface area (Å²) in [5.41, 5.74) is 0.488. The standard InChI is InChI=1S/C11H15ClO2Si/c1-8(13)11-9(12)6-5-7-10(11)14-15(2,3)4/h5-7H,1-4H3. The van der Waals surface area contributed by atoms with E-state index in [4.69, 9.17) is 16.0 Å². The molecular formula is C11H15ClO2Si. The molecule has 82 valence electrons. The van der Waals surface area contributed by atoms with Crippen LogP contribution in [0.25, 0.3) is 0 Å². The number of halogens is 1. The van der Waals surface area contributed by atoms with E-state index < -0.39 is 8.32 Å². The lowest BCUT2D eigenvalue weighted by molar-refractivity contribution is 0.101. The summed E-state index contributed by atoms with van der Waals surface area (Å²) < 4.78 is 5.81. The highest BCUT2D eigenvalue weighted by Crippen LogP contribution is 2.28. The summed E-state index contributed by atoms with van der Waals surface area (Å²) in [6.07, 6.45) is 0. The van der Waals surface area contributed by atoms with Crippen molar-refractivity contribution in [2.24, 2.45) is 0 Å². The molecule has 0 fully saturated rings. The van der Waals surface area contributed by atoms with Crippen LogP contribution >= 0.6 is 11.6 Å². The second-order valence-corrected chi connectivity index (χ2v) is 9.22. The molecule has 0 saturated carbocycles. The highest BCUT2D eigenvalue weighted by atomic mass is 35.5. The van der Waals surface area contributed by atoms with E-state index in [9.17, 15) is 4.79 Å². The summed E-state index contributed by atoms with van der Waals surface area (Å²) in [6.45, 7) is 7.70. The van der Waals surface area contributed by atoms with Crippen LogP contribution < -0.4 is 4.43 Å². The first-order valence-corrected chi connectivity index (χ1v) is 8.58. The monoisotopic (exact) mass is 242 g/mol. The van der Waals surface area contributed by atoms with Gasteiger partial charge in [0, 0.05) is 0 Å². The van der Waals surface area contributed by atoms with Gasteiger partial charge in [-0.3, -0.25) is 4.79 Å². The zero-order valence-corrected chi connectivity index (χ0v) is 11.2. The molecule has 0 aromatic heterocycles. The number of hydrogen-bond acceptors (Lipinski definition) is 2. The van der Waals surface area contributed by atoms with Gasteiger partial charge in [-0.1, -0.05) is 17.7 Å². The summed E-state index contributed by atoms with van der Waals surface area (Å²) in [4.78, 5) is 11.4. The topological polar surface area (TPSA) is 26.3 Å². The second kappa shape index (κ2) is 4.37. The summed E-state index contributed by atoms with van der Waals surface area (Å²) in [5.74, 6) is 0.544. The smallest absolute Gasteiger partial charge is 0.242 e. The summed E-state index contributed by atoms with van der Waals surface area (Å²) >= 11 is 5.97. The zero-order chi connectivity index (χ0) is 11.6. The molecule has 15 heavy (non-hydrogen) atoms. The lowest BCUT2D eigenvalue weighted by Gasteiger charge is -2.21. The van der Waals surface area contributed by atoms with Crippen molar-refractivity contribution in [1.29, 1.82) is 0 Å². The molecular weight excluding hydrogens is 228 g/mol. The van der Waals surface area contributed by atoms with Crippen LogP contribution in [0.1, 0.15) is 17.3 Å². The summed E-state index contributed by atoms with van der Waals surface area (Å²) in [7, 11) is -1.71. The van der Waals surface area contributed by atoms with Crippen LogP contribution in [0.15, 0.2) is 18.2 Å². The fraction of sp³-hybridized carbons (Fsp3) is 0.364. The Morgan fingerprint density at radius 1 is 1.33 bits per heavy atom. The number of ketones is 1. The van der Waals surface area contributed by atoms with Gasteiger partial charge in [0.05, 0.1) is 10.6 Å². The molecule has 0 aliphatic rings. The third-order valence-corrected chi connectivity index (χ3v) is 2.89. The van der Waals surface area contributed by atoms with Crippen LogP contribution in [0.5, 0.6) is 5.75 Å². The molecule has 0 aliphatic carbocycles. The minimum Gasteiger partial charge on any atom is -0.544 e. The van der Waals surface area contributed by atoms with Crippen molar-refractivity contribution in [3.8, 4) is 5.75 Å². The number of carbonyl (C=O) groups is 1. The van der Waals surface area contributed by atoms with Crippen molar-refractivity contribution >= 4 is 25.7 Å². The Balaban J connectivity index is 3.18. The largest absolute Gasteiger partial charge is 0.544 e. The van der Waals surface area contributed by atoms with Crippen LogP contribution in [0.3, 0.4) is 0 Å². The van der Waals surface area contributed by atoms with E-state index >= 15 is 0 Å². The number of carbonyl (C=O) groups excluding carboxylic acids is 1. The van der Waals surface area contributed by atoms with Gasteiger partial charge in [0.15, 0.2) is 5.78 Å². The van der Waals surface area contributed by atoms with Gasteiger partial charge < -0.3 is 4.43 Å². The maximum Gasteiger partial charge on any atom is 0.242 e. The van der Waals surface area contributed by atoms with Crippen molar-refractivity contribution in [2.75, 3.05) is 0 Å². The molecule has 1 aromatic rings. The Labute approximate surface area is 96.3 Å². The van der Waals surface area contributed by atoms with Crippen molar-refractivity contribution in [2.45, 2.75) is 26.6 Å². The molecule has 0 atom stereocenters. The van der Waals surface area contributed by atoms with Gasteiger partial charge in [0.25, 0.3) is 0 Å². The van der Waals surface area contributed by atoms with E-state index in [1.807, 2.05) is 0 Å². The predicted molar refractivity (Wildman–Crippen MR) is 65.4 cm³/mol. The van der Waals surface area contributed by atoms with Crippen LogP contribution in [0.2, 0.25) is 24.7 Å². The molecule has 0 N–H and O–H groups in total. The fourth-order valence-electron chi connectivity index (χ4n) is 1.26. The molecule has 0 bridgehead atoms. The molecule has 4 heteroatoms. The Bertz CT molecular complexity index is 383. The first-order valence-electron chi connectivity index (χ1n) is 4.80. The van der Waals surface area contributed by atoms with Gasteiger partial charge in [0.2, 0.25) is 8.32 Å². The molecule has 0 aliphatic heterocycles. The lowest BCUT2D eigenvalue weighted by Crippen LogP contribution is -2.30. The van der Waals surface area contributed by atoms with Crippen molar-refractivity contribution in [3.05, 3.63) is 28.8 Å². The van der Waals surface area contributed by atoms with Gasteiger partial charge in [-0.15, -0.1) is 0 Å². The van der Waals surface area contributed by atoms with Gasteiger partial charge >= 0.3 is 0 Å². The van der Waals surface area contributed by atoms with Crippen LogP contribution in [-0.4, -0.2) is 14.1 Å². The summed E-state index contributed by atoms with van der Waals surface area (Å²) in [5, 5.41) is 0.457. The average Bonchev–Trinajstić information content (AvgIpc) is 1.99. The highest BCUT2D eigenvalue weighted by molar-refractivity contribution is 6.70. The second-order valence-electron chi connectivity index (χ2n) is 4.38. The Hall–Kier alpha value is -0.803. The highest BCUT2D eigenvalue weighted by Gasteiger charge is 2.20. The van der Waals surface area contributed by atoms with E-state index in [0.29, 0.717) is 16.3 Å². The molecule has 0 heterocycles. The zero-order valence-electron chi connectivity index (χ0n) is 9.43. The molecule has 0 radical (unpaired) electrons. The molecule has 0 unspecified atom stereocenters. The van der Waals surface area contributed by atoms with Crippen molar-refractivity contribution < 1.29 is 9.22 Å². The molecule has 1 aromatic carbocycles. The van der Waals surface area contributed by atoms with E-state index in [1.54, 1.807) is 18.2 Å². The normalized spacial score (nSPS) is 11.3. The molecule has 1 rings (SSSR count). The lowest BCUT2D eigenvalue weighted by atomic mass is 10.1. The fourth-order valence-corrected chi connectivity index (χ4v) is 2.39. The van der Waals surface area contributed by atoms with Crippen LogP contribution in [-0.2, 0) is 0 Å². The Morgan fingerprint density at radius 3 is 2.40 bits per heavy atom. The predicted octanol–water partition coefficient (Wildman–Crippen LogP) is 3.76. The number of hydrogen-bond donors (Lipinski definition) is 0. The molecule has 0 spiro atoms. The van der Waals surface area contributed by atoms with Gasteiger partial charge in [-0.2, -0.15) is 0 Å². The van der Waals surface area contributed by atoms with Crippen molar-refractivity contribution in [3.63, 3.8) is 0 Å². The number of Topliss-reactive ketones (excluding diaryl/α,β-unsaturated/α-hetero) is 1. The average molecular weight is 243 g/mol. The van der Waals surface area contributed by atoms with Crippen molar-refractivity contribution in [1.82, 2.24) is 0 Å².